The van der Waals surface area contributed by atoms with Gasteiger partial charge in [0.1, 0.15) is 5.82 Å². The molecule has 0 aliphatic rings. The number of carboxylic acids is 1. The second kappa shape index (κ2) is 11.0. The molecule has 2 heterocycles. The number of carbonyl (C=O) groups excluding carboxylic acids is 1. The van der Waals surface area contributed by atoms with Crippen LogP contribution in [0, 0.1) is 13.8 Å². The van der Waals surface area contributed by atoms with Crippen LogP contribution >= 0.6 is 0 Å². The number of primary amides is 1. The molecule has 0 aliphatic heterocycles. The Balaban J connectivity index is 0.000000553. The van der Waals surface area contributed by atoms with Gasteiger partial charge in [-0.1, -0.05) is 0 Å². The molecule has 0 bridgehead atoms. The summed E-state index contributed by atoms with van der Waals surface area (Å²) >= 11 is 0. The van der Waals surface area contributed by atoms with Crippen molar-refractivity contribution in [1.82, 2.24) is 9.97 Å². The highest BCUT2D eigenvalue weighted by molar-refractivity contribution is 5.97. The maximum absolute atomic E-state index is 11.6. The van der Waals surface area contributed by atoms with Gasteiger partial charge >= 0.3 is 12.1 Å². The SMILES string of the molecule is Cc1cc(C)nc(Nc2cc(NCCCN)cnc2C(N)=O)c1.O=C(O)C(F)(F)F. The topological polar surface area (TPSA) is 156 Å². The number of amides is 1. The summed E-state index contributed by atoms with van der Waals surface area (Å²) in [6, 6.07) is 5.67. The zero-order valence-electron chi connectivity index (χ0n) is 16.4. The summed E-state index contributed by atoms with van der Waals surface area (Å²) in [5, 5.41) is 13.5. The number of rotatable bonds is 7. The number of hydrogen-bond acceptors (Lipinski definition) is 7. The Labute approximate surface area is 170 Å². The second-order valence-corrected chi connectivity index (χ2v) is 6.15. The lowest BCUT2D eigenvalue weighted by Crippen LogP contribution is -2.21. The van der Waals surface area contributed by atoms with E-state index in [9.17, 15) is 18.0 Å². The molecule has 2 rings (SSSR count). The summed E-state index contributed by atoms with van der Waals surface area (Å²) in [6.45, 7) is 5.24. The number of anilines is 3. The van der Waals surface area contributed by atoms with Crippen LogP contribution in [0.15, 0.2) is 24.4 Å². The Hall–Kier alpha value is -3.41. The van der Waals surface area contributed by atoms with Crippen molar-refractivity contribution in [1.29, 1.82) is 0 Å². The number of carboxylic acid groups (broad SMARTS) is 1. The molecule has 0 saturated carbocycles. The van der Waals surface area contributed by atoms with Crippen molar-refractivity contribution in [2.45, 2.75) is 26.4 Å². The van der Waals surface area contributed by atoms with E-state index in [1.165, 1.54) is 0 Å². The van der Waals surface area contributed by atoms with E-state index in [0.29, 0.717) is 18.1 Å². The molecule has 0 unspecified atom stereocenters. The first-order valence-corrected chi connectivity index (χ1v) is 8.70. The van der Waals surface area contributed by atoms with Gasteiger partial charge in [0, 0.05) is 12.2 Å². The number of hydrogen-bond donors (Lipinski definition) is 5. The average Bonchev–Trinajstić information content (AvgIpc) is 2.60. The molecule has 0 spiro atoms. The number of nitrogens with zero attached hydrogens (tertiary/aromatic N) is 2. The van der Waals surface area contributed by atoms with Crippen LogP contribution in [0.3, 0.4) is 0 Å². The molecule has 30 heavy (non-hydrogen) atoms. The molecule has 1 amide bonds. The Morgan fingerprint density at radius 3 is 2.33 bits per heavy atom. The van der Waals surface area contributed by atoms with Gasteiger partial charge in [0.05, 0.1) is 17.6 Å². The maximum Gasteiger partial charge on any atom is 0.490 e. The van der Waals surface area contributed by atoms with Gasteiger partial charge in [-0.15, -0.1) is 0 Å². The standard InChI is InChI=1S/C16H22N6O.C2HF3O2/c1-10-6-11(2)21-14(7-10)22-13-8-12(19-5-3-4-17)9-20-15(13)16(18)23;3-2(4,5)1(6)7/h6-9,19H,3-5,17H2,1-2H3,(H2,18,23)(H,21,22);(H,6,7). The number of nitrogens with two attached hydrogens (primary N) is 2. The monoisotopic (exact) mass is 428 g/mol. The van der Waals surface area contributed by atoms with E-state index in [2.05, 4.69) is 20.6 Å². The predicted molar refractivity (Wildman–Crippen MR) is 106 cm³/mol. The number of halogens is 3. The molecule has 0 radical (unpaired) electrons. The largest absolute Gasteiger partial charge is 0.490 e. The third kappa shape index (κ3) is 8.31. The van der Waals surface area contributed by atoms with Gasteiger partial charge in [0.25, 0.3) is 5.91 Å². The first-order chi connectivity index (χ1) is 13.9. The highest BCUT2D eigenvalue weighted by atomic mass is 19.4. The molecule has 0 atom stereocenters. The van der Waals surface area contributed by atoms with Gasteiger partial charge < -0.3 is 27.2 Å². The number of aliphatic carboxylic acids is 1. The fraction of sp³-hybridized carbons (Fsp3) is 0.333. The highest BCUT2D eigenvalue weighted by Gasteiger charge is 2.38. The van der Waals surface area contributed by atoms with E-state index in [0.717, 1.165) is 29.9 Å². The molecule has 7 N–H and O–H groups in total. The molecular formula is C18H23F3N6O3. The maximum atomic E-state index is 11.6. The van der Waals surface area contributed by atoms with Gasteiger partial charge in [-0.3, -0.25) is 4.79 Å². The zero-order chi connectivity index (χ0) is 22.9. The van der Waals surface area contributed by atoms with Crippen molar-refractivity contribution < 1.29 is 27.9 Å². The van der Waals surface area contributed by atoms with Crippen LogP contribution in [0.1, 0.15) is 28.2 Å². The zero-order valence-corrected chi connectivity index (χ0v) is 16.4. The van der Waals surface area contributed by atoms with E-state index < -0.39 is 18.1 Å². The lowest BCUT2D eigenvalue weighted by atomic mass is 10.2. The van der Waals surface area contributed by atoms with Crippen molar-refractivity contribution in [2.75, 3.05) is 23.7 Å². The van der Waals surface area contributed by atoms with Crippen LogP contribution in [0.5, 0.6) is 0 Å². The minimum absolute atomic E-state index is 0.176. The number of aryl methyl sites for hydroxylation is 2. The van der Waals surface area contributed by atoms with Crippen LogP contribution < -0.4 is 22.1 Å². The highest BCUT2D eigenvalue weighted by Crippen LogP contribution is 2.23. The minimum atomic E-state index is -5.08. The fourth-order valence-electron chi connectivity index (χ4n) is 2.23. The van der Waals surface area contributed by atoms with Crippen LogP contribution in [-0.4, -0.2) is 46.2 Å². The van der Waals surface area contributed by atoms with Crippen LogP contribution in [-0.2, 0) is 4.79 Å². The van der Waals surface area contributed by atoms with Crippen LogP contribution in [0.25, 0.3) is 0 Å². The van der Waals surface area contributed by atoms with E-state index >= 15 is 0 Å². The third-order valence-corrected chi connectivity index (χ3v) is 3.43. The number of alkyl halides is 3. The van der Waals surface area contributed by atoms with Gasteiger partial charge in [0.15, 0.2) is 5.69 Å². The van der Waals surface area contributed by atoms with Crippen molar-refractivity contribution in [3.8, 4) is 0 Å². The lowest BCUT2D eigenvalue weighted by molar-refractivity contribution is -0.192. The molecule has 0 aliphatic carbocycles. The normalized spacial score (nSPS) is 10.6. The minimum Gasteiger partial charge on any atom is -0.475 e. The van der Waals surface area contributed by atoms with Crippen LogP contribution in [0.4, 0.5) is 30.4 Å². The Bertz CT molecular complexity index is 870. The van der Waals surface area contributed by atoms with E-state index in [4.69, 9.17) is 21.4 Å². The van der Waals surface area contributed by atoms with E-state index in [1.807, 2.05) is 26.0 Å². The van der Waals surface area contributed by atoms with Crippen LogP contribution in [0.2, 0.25) is 0 Å². The van der Waals surface area contributed by atoms with Gasteiger partial charge in [-0.2, -0.15) is 13.2 Å². The Kier molecular flexibility index (Phi) is 8.99. The van der Waals surface area contributed by atoms with Gasteiger partial charge in [-0.25, -0.2) is 14.8 Å². The fourth-order valence-corrected chi connectivity index (χ4v) is 2.23. The first kappa shape index (κ1) is 24.6. The van der Waals surface area contributed by atoms with Crippen molar-refractivity contribution in [3.63, 3.8) is 0 Å². The average molecular weight is 428 g/mol. The third-order valence-electron chi connectivity index (χ3n) is 3.43. The summed E-state index contributed by atoms with van der Waals surface area (Å²) in [4.78, 5) is 29.0. The Morgan fingerprint density at radius 1 is 1.20 bits per heavy atom. The van der Waals surface area contributed by atoms with Crippen molar-refractivity contribution in [2.24, 2.45) is 11.5 Å². The van der Waals surface area contributed by atoms with Crippen molar-refractivity contribution in [3.05, 3.63) is 41.3 Å². The molecule has 2 aromatic rings. The van der Waals surface area contributed by atoms with E-state index in [1.54, 1.807) is 12.3 Å². The Morgan fingerprint density at radius 2 is 1.83 bits per heavy atom. The summed E-state index contributed by atoms with van der Waals surface area (Å²) in [5.41, 5.74) is 14.3. The predicted octanol–water partition coefficient (Wildman–Crippen LogP) is 2.33. The summed E-state index contributed by atoms with van der Waals surface area (Å²) < 4.78 is 31.7. The van der Waals surface area contributed by atoms with Gasteiger partial charge in [0.2, 0.25) is 0 Å². The number of nitrogens with one attached hydrogen (secondary N) is 2. The number of pyridine rings is 2. The second-order valence-electron chi connectivity index (χ2n) is 6.15. The summed E-state index contributed by atoms with van der Waals surface area (Å²) in [7, 11) is 0. The lowest BCUT2D eigenvalue weighted by Gasteiger charge is -2.13. The molecule has 2 aromatic heterocycles. The number of aromatic nitrogens is 2. The van der Waals surface area contributed by atoms with Gasteiger partial charge in [-0.05, 0) is 50.6 Å². The summed E-state index contributed by atoms with van der Waals surface area (Å²) in [6.07, 6.45) is -2.66. The first-order valence-electron chi connectivity index (χ1n) is 8.70. The van der Waals surface area contributed by atoms with E-state index in [-0.39, 0.29) is 5.69 Å². The molecule has 12 heteroatoms. The molecule has 0 saturated heterocycles. The smallest absolute Gasteiger partial charge is 0.475 e. The summed E-state index contributed by atoms with van der Waals surface area (Å²) in [5.74, 6) is -2.70. The molecule has 164 valence electrons. The molecular weight excluding hydrogens is 405 g/mol. The molecule has 0 fully saturated rings. The van der Waals surface area contributed by atoms with Crippen molar-refractivity contribution >= 4 is 29.1 Å². The number of carbonyl (C=O) groups is 2. The molecule has 9 nitrogen and oxygen atoms in total. The quantitative estimate of drug-likeness (QED) is 0.421. The molecule has 0 aromatic carbocycles.